The smallest absolute Gasteiger partial charge is 0.326 e. The minimum Gasteiger partial charge on any atom is -0.454 e. The summed E-state index contributed by atoms with van der Waals surface area (Å²) in [7, 11) is 0. The average Bonchev–Trinajstić information content (AvgIpc) is 2.96. The van der Waals surface area contributed by atoms with Crippen LogP contribution >= 0.6 is 0 Å². The van der Waals surface area contributed by atoms with E-state index in [4.69, 9.17) is 4.74 Å². The van der Waals surface area contributed by atoms with Crippen LogP contribution in [0.2, 0.25) is 0 Å². The van der Waals surface area contributed by atoms with E-state index in [-0.39, 0.29) is 12.2 Å². The molecule has 9 heteroatoms. The van der Waals surface area contributed by atoms with E-state index in [9.17, 15) is 19.7 Å². The molecular weight excluding hydrogens is 352 g/mol. The zero-order valence-corrected chi connectivity index (χ0v) is 14.4. The number of carbonyl (C=O) groups is 2. The lowest BCUT2D eigenvalue weighted by molar-refractivity contribution is -0.384. The number of aromatic nitrogens is 2. The number of nitrogens with zero attached hydrogens (tertiary/aromatic N) is 3. The maximum absolute atomic E-state index is 12.1. The van der Waals surface area contributed by atoms with Gasteiger partial charge in [-0.25, -0.2) is 4.98 Å². The predicted molar refractivity (Wildman–Crippen MR) is 97.2 cm³/mol. The Labute approximate surface area is 153 Å². The number of nitro groups is 1. The van der Waals surface area contributed by atoms with Gasteiger partial charge in [-0.05, 0) is 31.2 Å². The van der Waals surface area contributed by atoms with E-state index in [1.165, 1.54) is 24.3 Å². The maximum atomic E-state index is 12.1. The van der Waals surface area contributed by atoms with Crippen LogP contribution in [0.3, 0.4) is 0 Å². The second-order valence-electron chi connectivity index (χ2n) is 5.75. The first kappa shape index (κ1) is 18.1. The molecule has 0 atom stereocenters. The Morgan fingerprint density at radius 3 is 2.59 bits per heavy atom. The summed E-state index contributed by atoms with van der Waals surface area (Å²) >= 11 is 0. The van der Waals surface area contributed by atoms with Gasteiger partial charge in [0.1, 0.15) is 12.4 Å². The number of aryl methyl sites for hydroxylation is 1. The van der Waals surface area contributed by atoms with Gasteiger partial charge in [-0.15, -0.1) is 0 Å². The Hall–Kier alpha value is -3.75. The minimum absolute atomic E-state index is 0.0584. The first-order valence-electron chi connectivity index (χ1n) is 8.06. The molecule has 0 aliphatic heterocycles. The maximum Gasteiger partial charge on any atom is 0.326 e. The molecular formula is C18H16N4O5. The summed E-state index contributed by atoms with van der Waals surface area (Å²) in [6.07, 6.45) is 0. The van der Waals surface area contributed by atoms with Gasteiger partial charge in [-0.2, -0.15) is 0 Å². The summed E-state index contributed by atoms with van der Waals surface area (Å²) < 4.78 is 6.72. The molecule has 9 nitrogen and oxygen atoms in total. The van der Waals surface area contributed by atoms with Crippen LogP contribution < -0.4 is 5.32 Å². The third-order valence-electron chi connectivity index (χ3n) is 3.86. The highest BCUT2D eigenvalue weighted by Gasteiger charge is 2.13. The van der Waals surface area contributed by atoms with E-state index in [0.29, 0.717) is 11.5 Å². The van der Waals surface area contributed by atoms with Crippen molar-refractivity contribution < 1.29 is 19.2 Å². The van der Waals surface area contributed by atoms with Crippen molar-refractivity contribution in [2.45, 2.75) is 13.5 Å². The summed E-state index contributed by atoms with van der Waals surface area (Å²) in [5.74, 6) is -0.437. The minimum atomic E-state index is -0.569. The number of fused-ring (bicyclic) bond motifs is 1. The number of imidazole rings is 1. The van der Waals surface area contributed by atoms with E-state index in [1.54, 1.807) is 11.5 Å². The summed E-state index contributed by atoms with van der Waals surface area (Å²) in [5.41, 5.74) is 1.88. The molecule has 1 heterocycles. The Balaban J connectivity index is 1.54. The zero-order chi connectivity index (χ0) is 19.4. The second kappa shape index (κ2) is 7.65. The Kier molecular flexibility index (Phi) is 5.11. The monoisotopic (exact) mass is 368 g/mol. The quantitative estimate of drug-likeness (QED) is 0.406. The standard InChI is InChI=1S/C18H16N4O5/c1-12-19-15-4-2-3-5-16(15)21(12)10-18(24)27-11-17(23)20-13-6-8-14(9-7-13)22(25)26/h2-9H,10-11H2,1H3,(H,20,23). The molecule has 1 N–H and O–H groups in total. The van der Waals surface area contributed by atoms with Gasteiger partial charge < -0.3 is 14.6 Å². The van der Waals surface area contributed by atoms with Crippen molar-refractivity contribution in [1.29, 1.82) is 0 Å². The molecule has 0 saturated carbocycles. The van der Waals surface area contributed by atoms with E-state index >= 15 is 0 Å². The lowest BCUT2D eigenvalue weighted by Crippen LogP contribution is -2.23. The topological polar surface area (TPSA) is 116 Å². The molecule has 0 aliphatic rings. The molecule has 3 rings (SSSR count). The highest BCUT2D eigenvalue weighted by atomic mass is 16.6. The van der Waals surface area contributed by atoms with Crippen LogP contribution in [-0.4, -0.2) is 33.0 Å². The van der Waals surface area contributed by atoms with Gasteiger partial charge in [-0.1, -0.05) is 12.1 Å². The van der Waals surface area contributed by atoms with Gasteiger partial charge in [0.2, 0.25) is 0 Å². The van der Waals surface area contributed by atoms with Crippen molar-refractivity contribution in [3.8, 4) is 0 Å². The summed E-state index contributed by atoms with van der Waals surface area (Å²) in [6, 6.07) is 12.8. The van der Waals surface area contributed by atoms with Gasteiger partial charge in [0.25, 0.3) is 11.6 Å². The molecule has 0 aliphatic carbocycles. The average molecular weight is 368 g/mol. The van der Waals surface area contributed by atoms with Crippen LogP contribution in [0.15, 0.2) is 48.5 Å². The lowest BCUT2D eigenvalue weighted by Gasteiger charge is -2.08. The number of esters is 1. The number of nitro benzene ring substituents is 1. The number of ether oxygens (including phenoxy) is 1. The molecule has 27 heavy (non-hydrogen) atoms. The van der Waals surface area contributed by atoms with Crippen LogP contribution in [0.4, 0.5) is 11.4 Å². The highest BCUT2D eigenvalue weighted by molar-refractivity contribution is 5.93. The number of benzene rings is 2. The Morgan fingerprint density at radius 2 is 1.89 bits per heavy atom. The van der Waals surface area contributed by atoms with E-state index in [0.717, 1.165) is 11.0 Å². The third-order valence-corrected chi connectivity index (χ3v) is 3.86. The number of hydrogen-bond donors (Lipinski definition) is 1. The largest absolute Gasteiger partial charge is 0.454 e. The first-order chi connectivity index (χ1) is 12.9. The van der Waals surface area contributed by atoms with Crippen molar-refractivity contribution in [2.24, 2.45) is 0 Å². The fourth-order valence-electron chi connectivity index (χ4n) is 2.58. The van der Waals surface area contributed by atoms with E-state index in [1.807, 2.05) is 24.3 Å². The fourth-order valence-corrected chi connectivity index (χ4v) is 2.58. The van der Waals surface area contributed by atoms with Crippen LogP contribution in [0.25, 0.3) is 11.0 Å². The van der Waals surface area contributed by atoms with E-state index in [2.05, 4.69) is 10.3 Å². The molecule has 1 amide bonds. The SMILES string of the molecule is Cc1nc2ccccc2n1CC(=O)OCC(=O)Nc1ccc([N+](=O)[O-])cc1. The van der Waals surface area contributed by atoms with Gasteiger partial charge in [0.15, 0.2) is 6.61 Å². The number of amides is 1. The van der Waals surface area contributed by atoms with Crippen molar-refractivity contribution in [2.75, 3.05) is 11.9 Å². The Morgan fingerprint density at radius 1 is 1.19 bits per heavy atom. The predicted octanol–water partition coefficient (Wildman–Crippen LogP) is 2.43. The number of hydrogen-bond acceptors (Lipinski definition) is 6. The first-order valence-corrected chi connectivity index (χ1v) is 8.06. The number of carbonyl (C=O) groups excluding carboxylic acids is 2. The van der Waals surface area contributed by atoms with Crippen LogP contribution in [0, 0.1) is 17.0 Å². The lowest BCUT2D eigenvalue weighted by atomic mass is 10.3. The van der Waals surface area contributed by atoms with Gasteiger partial charge >= 0.3 is 5.97 Å². The van der Waals surface area contributed by atoms with E-state index < -0.39 is 23.4 Å². The van der Waals surface area contributed by atoms with Crippen molar-refractivity contribution >= 4 is 34.3 Å². The third kappa shape index (κ3) is 4.27. The molecule has 0 bridgehead atoms. The zero-order valence-electron chi connectivity index (χ0n) is 14.4. The fraction of sp³-hybridized carbons (Fsp3) is 0.167. The number of non-ortho nitro benzene ring substituents is 1. The highest BCUT2D eigenvalue weighted by Crippen LogP contribution is 2.16. The second-order valence-corrected chi connectivity index (χ2v) is 5.75. The van der Waals surface area contributed by atoms with Crippen molar-refractivity contribution in [1.82, 2.24) is 9.55 Å². The van der Waals surface area contributed by atoms with Crippen LogP contribution in [0.5, 0.6) is 0 Å². The van der Waals surface area contributed by atoms with Crippen LogP contribution in [0.1, 0.15) is 5.82 Å². The normalized spacial score (nSPS) is 10.6. The molecule has 2 aromatic carbocycles. The number of anilines is 1. The summed E-state index contributed by atoms with van der Waals surface area (Å²) in [5, 5.41) is 13.1. The Bertz CT molecular complexity index is 1010. The van der Waals surface area contributed by atoms with Gasteiger partial charge in [0.05, 0.1) is 16.0 Å². The molecule has 1 aromatic heterocycles. The van der Waals surface area contributed by atoms with Crippen molar-refractivity contribution in [3.05, 3.63) is 64.5 Å². The summed E-state index contributed by atoms with van der Waals surface area (Å²) in [6.45, 7) is 1.27. The molecule has 0 radical (unpaired) electrons. The van der Waals surface area contributed by atoms with Crippen molar-refractivity contribution in [3.63, 3.8) is 0 Å². The van der Waals surface area contributed by atoms with Crippen LogP contribution in [-0.2, 0) is 20.9 Å². The van der Waals surface area contributed by atoms with Gasteiger partial charge in [-0.3, -0.25) is 19.7 Å². The molecule has 3 aromatic rings. The molecule has 138 valence electrons. The number of nitrogens with one attached hydrogen (secondary N) is 1. The van der Waals surface area contributed by atoms with Gasteiger partial charge in [0, 0.05) is 17.8 Å². The molecule has 0 unspecified atom stereocenters. The molecule has 0 fully saturated rings. The number of para-hydroxylation sites is 2. The molecule has 0 saturated heterocycles. The molecule has 0 spiro atoms. The summed E-state index contributed by atoms with van der Waals surface area (Å²) in [4.78, 5) is 38.4. The number of rotatable bonds is 6.